The van der Waals surface area contributed by atoms with E-state index < -0.39 is 6.04 Å². The Morgan fingerprint density at radius 2 is 1.70 bits per heavy atom. The first-order chi connectivity index (χ1) is 21.0. The average molecular weight is 584 g/mol. The van der Waals surface area contributed by atoms with E-state index in [-0.39, 0.29) is 19.1 Å². The zero-order valence-electron chi connectivity index (χ0n) is 24.6. The average Bonchev–Trinajstić information content (AvgIpc) is 3.45. The van der Waals surface area contributed by atoms with Gasteiger partial charge in [-0.2, -0.15) is 0 Å². The largest absolute Gasteiger partial charge is 0.493 e. The molecule has 9 nitrogen and oxygen atoms in total. The van der Waals surface area contributed by atoms with Crippen LogP contribution in [0, 0.1) is 0 Å². The fourth-order valence-corrected chi connectivity index (χ4v) is 5.42. The van der Waals surface area contributed by atoms with Crippen LogP contribution in [0.5, 0.6) is 17.2 Å². The van der Waals surface area contributed by atoms with Gasteiger partial charge in [0.05, 0.1) is 50.8 Å². The molecule has 0 spiro atoms. The summed E-state index contributed by atoms with van der Waals surface area (Å²) in [5.41, 5.74) is 5.41. The number of pyridine rings is 1. The van der Waals surface area contributed by atoms with Crippen LogP contribution in [0.3, 0.4) is 0 Å². The topological polar surface area (TPSA) is 126 Å². The van der Waals surface area contributed by atoms with Crippen molar-refractivity contribution in [2.45, 2.75) is 31.7 Å². The molecule has 1 atom stereocenters. The molecule has 3 aromatic carbocycles. The maximum absolute atomic E-state index is 14.0. The number of carbonyl (C=O) groups is 1. The predicted molar refractivity (Wildman–Crippen MR) is 167 cm³/mol. The van der Waals surface area contributed by atoms with Gasteiger partial charge >= 0.3 is 0 Å². The van der Waals surface area contributed by atoms with Crippen molar-refractivity contribution in [2.24, 2.45) is 0 Å². The molecule has 0 fully saturated rings. The highest BCUT2D eigenvalue weighted by molar-refractivity contribution is 6.07. The van der Waals surface area contributed by atoms with Crippen LogP contribution < -0.4 is 19.5 Å². The first-order valence-electron chi connectivity index (χ1n) is 14.3. The van der Waals surface area contributed by atoms with E-state index in [0.29, 0.717) is 57.8 Å². The Balaban J connectivity index is 1.55. The van der Waals surface area contributed by atoms with Crippen LogP contribution in [0.2, 0.25) is 0 Å². The van der Waals surface area contributed by atoms with E-state index >= 15 is 0 Å². The normalized spacial score (nSPS) is 11.9. The van der Waals surface area contributed by atoms with Crippen molar-refractivity contribution in [1.82, 2.24) is 15.3 Å². The zero-order chi connectivity index (χ0) is 30.3. The molecule has 5 rings (SSSR count). The highest BCUT2D eigenvalue weighted by Crippen LogP contribution is 2.41. The van der Waals surface area contributed by atoms with Gasteiger partial charge in [0, 0.05) is 34.7 Å². The second kappa shape index (κ2) is 13.6. The number of nitrogens with one attached hydrogen (secondary N) is 2. The molecule has 0 radical (unpaired) electrons. The highest BCUT2D eigenvalue weighted by Gasteiger charge is 2.21. The van der Waals surface area contributed by atoms with E-state index in [1.54, 1.807) is 39.5 Å². The van der Waals surface area contributed by atoms with Crippen molar-refractivity contribution in [3.63, 3.8) is 0 Å². The number of benzene rings is 3. The number of unbranched alkanes of at least 4 members (excludes halogenated alkanes) is 1. The first kappa shape index (κ1) is 29.9. The zero-order valence-corrected chi connectivity index (χ0v) is 24.6. The Labute approximate surface area is 250 Å². The molecule has 224 valence electrons. The number of ether oxygens (including phenoxy) is 3. The van der Waals surface area contributed by atoms with E-state index in [9.17, 15) is 15.0 Å². The number of H-pyrrole nitrogens is 1. The summed E-state index contributed by atoms with van der Waals surface area (Å²) < 4.78 is 16.6. The third-order valence-electron chi connectivity index (χ3n) is 7.65. The molecule has 1 amide bonds. The van der Waals surface area contributed by atoms with Gasteiger partial charge in [-0.1, -0.05) is 24.3 Å². The molecule has 5 aromatic rings. The number of aromatic nitrogens is 2. The Bertz CT molecular complexity index is 1710. The molecular weight excluding hydrogens is 546 g/mol. The molecule has 9 heteroatoms. The number of aliphatic hydroxyl groups is 2. The number of amides is 1. The Kier molecular flexibility index (Phi) is 9.44. The van der Waals surface area contributed by atoms with Gasteiger partial charge in [-0.25, -0.2) is 4.98 Å². The summed E-state index contributed by atoms with van der Waals surface area (Å²) in [7, 11) is 4.65. The SMILES string of the molecule is COc1cc(-c2cc(C(=O)N[C@@H](CO)Cc3c[nH]c4ccccc34)c3cc(CCCCO)ccc3n2)cc(OC)c1OC. The highest BCUT2D eigenvalue weighted by atomic mass is 16.5. The van der Waals surface area contributed by atoms with Gasteiger partial charge in [-0.3, -0.25) is 4.79 Å². The summed E-state index contributed by atoms with van der Waals surface area (Å²) >= 11 is 0. The summed E-state index contributed by atoms with van der Waals surface area (Å²) in [6, 6.07) is 18.7. The summed E-state index contributed by atoms with van der Waals surface area (Å²) in [6.45, 7) is -0.0830. The van der Waals surface area contributed by atoms with Crippen molar-refractivity contribution in [1.29, 1.82) is 0 Å². The molecule has 0 aliphatic carbocycles. The third kappa shape index (κ3) is 6.43. The number of rotatable bonds is 13. The second-order valence-electron chi connectivity index (χ2n) is 10.4. The molecule has 4 N–H and O–H groups in total. The Morgan fingerprint density at radius 3 is 2.40 bits per heavy atom. The summed E-state index contributed by atoms with van der Waals surface area (Å²) in [5, 5.41) is 24.3. The fourth-order valence-electron chi connectivity index (χ4n) is 5.42. The van der Waals surface area contributed by atoms with Gasteiger partial charge in [0.25, 0.3) is 5.91 Å². The standard InChI is InChI=1S/C34H37N3O6/c1-41-31-16-22(17-32(42-2)33(31)43-3)30-18-27(26-14-21(8-6-7-13-38)11-12-29(26)37-30)34(40)36-24(20-39)15-23-19-35-28-10-5-4-9-25(23)28/h4-5,9-12,14,16-19,24,35,38-39H,6-8,13,15,20H2,1-3H3,(H,36,40)/t24-/m1/s1. The number of carbonyl (C=O) groups excluding carboxylic acids is 1. The molecule has 2 aromatic heterocycles. The van der Waals surface area contributed by atoms with E-state index in [1.165, 1.54) is 0 Å². The molecule has 2 heterocycles. The number of aliphatic hydroxyl groups excluding tert-OH is 2. The van der Waals surface area contributed by atoms with E-state index in [1.807, 2.05) is 48.7 Å². The second-order valence-corrected chi connectivity index (χ2v) is 10.4. The minimum absolute atomic E-state index is 0.139. The molecule has 0 aliphatic rings. The van der Waals surface area contributed by atoms with Crippen molar-refractivity contribution in [2.75, 3.05) is 34.5 Å². The Hall–Kier alpha value is -4.60. The minimum Gasteiger partial charge on any atom is -0.493 e. The lowest BCUT2D eigenvalue weighted by atomic mass is 9.99. The first-order valence-corrected chi connectivity index (χ1v) is 14.3. The maximum Gasteiger partial charge on any atom is 0.252 e. The van der Waals surface area contributed by atoms with Crippen LogP contribution in [-0.4, -0.2) is 66.7 Å². The summed E-state index contributed by atoms with van der Waals surface area (Å²) in [5.74, 6) is 1.10. The van der Waals surface area contributed by atoms with E-state index in [4.69, 9.17) is 19.2 Å². The third-order valence-corrected chi connectivity index (χ3v) is 7.65. The molecule has 43 heavy (non-hydrogen) atoms. The number of methoxy groups -OCH3 is 3. The number of para-hydroxylation sites is 1. The van der Waals surface area contributed by atoms with Crippen LogP contribution in [0.4, 0.5) is 0 Å². The van der Waals surface area contributed by atoms with Crippen LogP contribution in [0.1, 0.15) is 34.3 Å². The molecule has 0 aliphatic heterocycles. The van der Waals surface area contributed by atoms with Crippen LogP contribution >= 0.6 is 0 Å². The van der Waals surface area contributed by atoms with Crippen LogP contribution in [-0.2, 0) is 12.8 Å². The molecule has 0 unspecified atom stereocenters. The lowest BCUT2D eigenvalue weighted by Crippen LogP contribution is -2.39. The fraction of sp³-hybridized carbons (Fsp3) is 0.294. The van der Waals surface area contributed by atoms with Gasteiger partial charge in [-0.15, -0.1) is 0 Å². The molecule has 0 bridgehead atoms. The van der Waals surface area contributed by atoms with Gasteiger partial charge in [0.15, 0.2) is 11.5 Å². The summed E-state index contributed by atoms with van der Waals surface area (Å²) in [4.78, 5) is 22.1. The molecular formula is C34H37N3O6. The van der Waals surface area contributed by atoms with Crippen molar-refractivity contribution < 1.29 is 29.2 Å². The molecule has 0 saturated heterocycles. The number of hydrogen-bond acceptors (Lipinski definition) is 7. The van der Waals surface area contributed by atoms with E-state index in [2.05, 4.69) is 10.3 Å². The van der Waals surface area contributed by atoms with Crippen molar-refractivity contribution in [3.8, 4) is 28.5 Å². The Morgan fingerprint density at radius 1 is 0.930 bits per heavy atom. The smallest absolute Gasteiger partial charge is 0.252 e. The van der Waals surface area contributed by atoms with Crippen molar-refractivity contribution >= 4 is 27.7 Å². The van der Waals surface area contributed by atoms with Gasteiger partial charge in [-0.05, 0) is 73.2 Å². The quantitative estimate of drug-likeness (QED) is 0.143. The predicted octanol–water partition coefficient (Wildman–Crippen LogP) is 5.06. The van der Waals surface area contributed by atoms with Crippen LogP contribution in [0.25, 0.3) is 33.1 Å². The van der Waals surface area contributed by atoms with Gasteiger partial charge in [0.2, 0.25) is 5.75 Å². The monoisotopic (exact) mass is 583 g/mol. The number of aryl methyl sites for hydroxylation is 1. The number of nitrogens with zero attached hydrogens (tertiary/aromatic N) is 1. The number of hydrogen-bond donors (Lipinski definition) is 4. The van der Waals surface area contributed by atoms with Crippen LogP contribution in [0.15, 0.2) is 66.9 Å². The number of fused-ring (bicyclic) bond motifs is 2. The number of aromatic amines is 1. The van der Waals surface area contributed by atoms with Gasteiger partial charge < -0.3 is 34.7 Å². The lowest BCUT2D eigenvalue weighted by Gasteiger charge is -2.18. The summed E-state index contributed by atoms with van der Waals surface area (Å²) in [6.07, 6.45) is 4.68. The minimum atomic E-state index is -0.507. The van der Waals surface area contributed by atoms with Gasteiger partial charge in [0.1, 0.15) is 0 Å². The van der Waals surface area contributed by atoms with Crippen molar-refractivity contribution in [3.05, 3.63) is 83.6 Å². The lowest BCUT2D eigenvalue weighted by molar-refractivity contribution is 0.0918. The van der Waals surface area contributed by atoms with E-state index in [0.717, 1.165) is 34.9 Å². The molecule has 0 saturated carbocycles. The maximum atomic E-state index is 14.0.